The molecule has 0 amide bonds. The summed E-state index contributed by atoms with van der Waals surface area (Å²) in [5.41, 5.74) is 7.13. The van der Waals surface area contributed by atoms with Crippen molar-refractivity contribution in [3.63, 3.8) is 0 Å². The summed E-state index contributed by atoms with van der Waals surface area (Å²) in [5, 5.41) is 0. The van der Waals surface area contributed by atoms with E-state index in [1.165, 1.54) is 10.5 Å². The van der Waals surface area contributed by atoms with Crippen molar-refractivity contribution in [2.75, 3.05) is 12.8 Å². The van der Waals surface area contributed by atoms with Gasteiger partial charge in [0.2, 0.25) is 0 Å². The van der Waals surface area contributed by atoms with E-state index in [0.29, 0.717) is 11.8 Å². The lowest BCUT2D eigenvalue weighted by molar-refractivity contribution is 0.506. The zero-order valence-electron chi connectivity index (χ0n) is 9.16. The Balaban J connectivity index is 2.84. The highest BCUT2D eigenvalue weighted by atomic mass is 32.2. The summed E-state index contributed by atoms with van der Waals surface area (Å²) in [7, 11) is 0. The molecular weight excluding hydrogens is 190 g/mol. The Kier molecular flexibility index (Phi) is 4.49. The summed E-state index contributed by atoms with van der Waals surface area (Å²) in [6.45, 7) is 5.18. The monoisotopic (exact) mass is 209 g/mol. The van der Waals surface area contributed by atoms with E-state index in [1.807, 2.05) is 0 Å². The molecule has 2 heteroatoms. The third-order valence-electron chi connectivity index (χ3n) is 2.60. The second kappa shape index (κ2) is 5.42. The molecule has 0 radical (unpaired) electrons. The average Bonchev–Trinajstić information content (AvgIpc) is 2.19. The number of hydrogen-bond acceptors (Lipinski definition) is 2. The molecule has 0 aliphatic rings. The van der Waals surface area contributed by atoms with Crippen molar-refractivity contribution in [1.29, 1.82) is 0 Å². The van der Waals surface area contributed by atoms with Crippen LogP contribution in [-0.2, 0) is 0 Å². The van der Waals surface area contributed by atoms with Gasteiger partial charge in [-0.25, -0.2) is 0 Å². The first kappa shape index (κ1) is 11.6. The molecule has 0 saturated heterocycles. The summed E-state index contributed by atoms with van der Waals surface area (Å²) in [4.78, 5) is 1.31. The topological polar surface area (TPSA) is 26.0 Å². The van der Waals surface area contributed by atoms with Gasteiger partial charge in [0, 0.05) is 4.90 Å². The Labute approximate surface area is 91.1 Å². The normalized spacial score (nSPS) is 13.2. The largest absolute Gasteiger partial charge is 0.330 e. The van der Waals surface area contributed by atoms with Gasteiger partial charge in [0.05, 0.1) is 0 Å². The third kappa shape index (κ3) is 2.76. The molecule has 0 saturated carbocycles. The minimum absolute atomic E-state index is 0.492. The standard InChI is InChI=1S/C12H19NS/c1-9(2)12(8-13)10-4-6-11(14-3)7-5-10/h4-7,9,12H,8,13H2,1-3H3. The number of benzene rings is 1. The predicted octanol–water partition coefficient (Wildman–Crippen LogP) is 3.11. The molecule has 0 bridgehead atoms. The van der Waals surface area contributed by atoms with E-state index in [9.17, 15) is 0 Å². The van der Waals surface area contributed by atoms with E-state index in [2.05, 4.69) is 44.4 Å². The molecule has 78 valence electrons. The molecule has 1 rings (SSSR count). The average molecular weight is 209 g/mol. The number of hydrogen-bond donors (Lipinski definition) is 1. The molecule has 1 atom stereocenters. The molecule has 0 fully saturated rings. The zero-order valence-corrected chi connectivity index (χ0v) is 9.97. The van der Waals surface area contributed by atoms with Crippen LogP contribution in [0.3, 0.4) is 0 Å². The van der Waals surface area contributed by atoms with Gasteiger partial charge >= 0.3 is 0 Å². The first-order chi connectivity index (χ1) is 6.69. The Bertz CT molecular complexity index is 266. The van der Waals surface area contributed by atoms with Crippen molar-refractivity contribution < 1.29 is 0 Å². The zero-order chi connectivity index (χ0) is 10.6. The smallest absolute Gasteiger partial charge is 0.00693 e. The van der Waals surface area contributed by atoms with Crippen LogP contribution in [0, 0.1) is 5.92 Å². The van der Waals surface area contributed by atoms with Crippen molar-refractivity contribution in [2.24, 2.45) is 11.7 Å². The van der Waals surface area contributed by atoms with Gasteiger partial charge in [-0.05, 0) is 42.3 Å². The molecular formula is C12H19NS. The maximum atomic E-state index is 5.77. The van der Waals surface area contributed by atoms with Gasteiger partial charge in [-0.2, -0.15) is 0 Å². The lowest BCUT2D eigenvalue weighted by Crippen LogP contribution is -2.17. The molecule has 0 aliphatic carbocycles. The Morgan fingerprint density at radius 1 is 1.21 bits per heavy atom. The Morgan fingerprint density at radius 3 is 2.14 bits per heavy atom. The van der Waals surface area contributed by atoms with Gasteiger partial charge in [-0.1, -0.05) is 26.0 Å². The van der Waals surface area contributed by atoms with Gasteiger partial charge in [0.1, 0.15) is 0 Å². The SMILES string of the molecule is CSc1ccc(C(CN)C(C)C)cc1. The van der Waals surface area contributed by atoms with Gasteiger partial charge in [0.15, 0.2) is 0 Å². The molecule has 1 aromatic rings. The van der Waals surface area contributed by atoms with E-state index >= 15 is 0 Å². The molecule has 0 aromatic heterocycles. The summed E-state index contributed by atoms with van der Waals surface area (Å²) >= 11 is 1.77. The lowest BCUT2D eigenvalue weighted by atomic mass is 9.89. The first-order valence-corrected chi connectivity index (χ1v) is 6.25. The highest BCUT2D eigenvalue weighted by Gasteiger charge is 2.13. The van der Waals surface area contributed by atoms with Gasteiger partial charge < -0.3 is 5.73 Å². The summed E-state index contributed by atoms with van der Waals surface area (Å²) in [6.07, 6.45) is 2.10. The Morgan fingerprint density at radius 2 is 1.79 bits per heavy atom. The third-order valence-corrected chi connectivity index (χ3v) is 3.35. The van der Waals surface area contributed by atoms with Crippen LogP contribution in [0.1, 0.15) is 25.3 Å². The van der Waals surface area contributed by atoms with Gasteiger partial charge in [-0.3, -0.25) is 0 Å². The fourth-order valence-corrected chi connectivity index (χ4v) is 2.05. The van der Waals surface area contributed by atoms with Crippen LogP contribution in [0.15, 0.2) is 29.2 Å². The number of thioether (sulfide) groups is 1. The molecule has 0 heterocycles. The number of nitrogens with two attached hydrogens (primary N) is 1. The van der Waals surface area contributed by atoms with Crippen LogP contribution in [-0.4, -0.2) is 12.8 Å². The summed E-state index contributed by atoms with van der Waals surface area (Å²) in [6, 6.07) is 8.74. The highest BCUT2D eigenvalue weighted by Crippen LogP contribution is 2.25. The van der Waals surface area contributed by atoms with Crippen molar-refractivity contribution in [3.8, 4) is 0 Å². The quantitative estimate of drug-likeness (QED) is 0.771. The minimum Gasteiger partial charge on any atom is -0.330 e. The van der Waals surface area contributed by atoms with Crippen molar-refractivity contribution in [2.45, 2.75) is 24.7 Å². The molecule has 0 spiro atoms. The molecule has 2 N–H and O–H groups in total. The van der Waals surface area contributed by atoms with Crippen LogP contribution in [0.2, 0.25) is 0 Å². The molecule has 0 aliphatic heterocycles. The molecule has 14 heavy (non-hydrogen) atoms. The second-order valence-corrected chi connectivity index (χ2v) is 4.74. The first-order valence-electron chi connectivity index (χ1n) is 5.03. The Hall–Kier alpha value is -0.470. The van der Waals surface area contributed by atoms with Crippen LogP contribution < -0.4 is 5.73 Å². The van der Waals surface area contributed by atoms with E-state index in [0.717, 1.165) is 6.54 Å². The fourth-order valence-electron chi connectivity index (χ4n) is 1.64. The predicted molar refractivity (Wildman–Crippen MR) is 64.9 cm³/mol. The van der Waals surface area contributed by atoms with Crippen LogP contribution >= 0.6 is 11.8 Å². The van der Waals surface area contributed by atoms with Crippen LogP contribution in [0.5, 0.6) is 0 Å². The van der Waals surface area contributed by atoms with E-state index < -0.39 is 0 Å². The van der Waals surface area contributed by atoms with Gasteiger partial charge in [-0.15, -0.1) is 11.8 Å². The van der Waals surface area contributed by atoms with E-state index in [4.69, 9.17) is 5.73 Å². The van der Waals surface area contributed by atoms with Crippen molar-refractivity contribution in [3.05, 3.63) is 29.8 Å². The lowest BCUT2D eigenvalue weighted by Gasteiger charge is -2.19. The van der Waals surface area contributed by atoms with Crippen LogP contribution in [0.25, 0.3) is 0 Å². The molecule has 1 unspecified atom stereocenters. The second-order valence-electron chi connectivity index (χ2n) is 3.86. The van der Waals surface area contributed by atoms with E-state index in [-0.39, 0.29) is 0 Å². The number of rotatable bonds is 4. The summed E-state index contributed by atoms with van der Waals surface area (Å²) < 4.78 is 0. The molecule has 1 nitrogen and oxygen atoms in total. The van der Waals surface area contributed by atoms with Crippen LogP contribution in [0.4, 0.5) is 0 Å². The molecule has 1 aromatic carbocycles. The minimum atomic E-state index is 0.492. The van der Waals surface area contributed by atoms with E-state index in [1.54, 1.807) is 11.8 Å². The van der Waals surface area contributed by atoms with Crippen molar-refractivity contribution >= 4 is 11.8 Å². The summed E-state index contributed by atoms with van der Waals surface area (Å²) in [5.74, 6) is 1.10. The van der Waals surface area contributed by atoms with Crippen molar-refractivity contribution in [1.82, 2.24) is 0 Å². The maximum absolute atomic E-state index is 5.77. The highest BCUT2D eigenvalue weighted by molar-refractivity contribution is 7.98. The maximum Gasteiger partial charge on any atom is 0.00693 e. The fraction of sp³-hybridized carbons (Fsp3) is 0.500. The van der Waals surface area contributed by atoms with Gasteiger partial charge in [0.25, 0.3) is 0 Å².